The lowest BCUT2D eigenvalue weighted by Crippen LogP contribution is -2.31. The standard InChI is InChI=1S/C16H10Cl3N3O3S/c17-10-4-1-2-7-14(10)22-8-13(20-9-22)16(23)21-26(24,25)15-11(18)5-3-6-12(15)19/h1-9H,(H,21,23). The number of benzene rings is 2. The molecule has 0 fully saturated rings. The van der Waals surface area contributed by atoms with E-state index in [4.69, 9.17) is 34.8 Å². The highest BCUT2D eigenvalue weighted by Gasteiger charge is 2.25. The van der Waals surface area contributed by atoms with Crippen LogP contribution in [0.15, 0.2) is 59.9 Å². The minimum atomic E-state index is -4.27. The summed E-state index contributed by atoms with van der Waals surface area (Å²) in [5.74, 6) is -0.924. The molecule has 0 aliphatic carbocycles. The van der Waals surface area contributed by atoms with Crippen molar-refractivity contribution in [1.29, 1.82) is 0 Å². The smallest absolute Gasteiger partial charge is 0.285 e. The number of hydrogen-bond acceptors (Lipinski definition) is 4. The molecule has 3 aromatic rings. The number of sulfonamides is 1. The zero-order valence-electron chi connectivity index (χ0n) is 12.9. The molecule has 0 spiro atoms. The Morgan fingerprint density at radius 2 is 1.58 bits per heavy atom. The number of amides is 1. The topological polar surface area (TPSA) is 81.1 Å². The summed E-state index contributed by atoms with van der Waals surface area (Å²) in [5, 5.41) is 0.256. The Labute approximate surface area is 164 Å². The Morgan fingerprint density at radius 1 is 0.962 bits per heavy atom. The number of carbonyl (C=O) groups is 1. The van der Waals surface area contributed by atoms with Gasteiger partial charge in [0.25, 0.3) is 15.9 Å². The van der Waals surface area contributed by atoms with Crippen molar-refractivity contribution >= 4 is 50.7 Å². The fourth-order valence-corrected chi connectivity index (χ4v) is 4.54. The van der Waals surface area contributed by atoms with Crippen LogP contribution in [0.1, 0.15) is 10.5 Å². The highest BCUT2D eigenvalue weighted by atomic mass is 35.5. The quantitative estimate of drug-likeness (QED) is 0.679. The second kappa shape index (κ2) is 7.28. The maximum atomic E-state index is 12.4. The van der Waals surface area contributed by atoms with E-state index in [0.29, 0.717) is 10.7 Å². The van der Waals surface area contributed by atoms with Crippen molar-refractivity contribution in [3.63, 3.8) is 0 Å². The first-order valence-corrected chi connectivity index (χ1v) is 9.71. The van der Waals surface area contributed by atoms with Crippen molar-refractivity contribution in [2.45, 2.75) is 4.90 Å². The summed E-state index contributed by atoms with van der Waals surface area (Å²) >= 11 is 17.9. The third-order valence-electron chi connectivity index (χ3n) is 3.36. The highest BCUT2D eigenvalue weighted by Crippen LogP contribution is 2.29. The molecule has 0 bridgehead atoms. The molecular weight excluding hydrogens is 421 g/mol. The first-order chi connectivity index (χ1) is 12.3. The van der Waals surface area contributed by atoms with Crippen molar-refractivity contribution in [3.05, 3.63) is 75.8 Å². The third kappa shape index (κ3) is 3.71. The predicted molar refractivity (Wildman–Crippen MR) is 99.7 cm³/mol. The van der Waals surface area contributed by atoms with Crippen LogP contribution in [0.5, 0.6) is 0 Å². The van der Waals surface area contributed by atoms with Crippen LogP contribution in [-0.2, 0) is 10.0 Å². The lowest BCUT2D eigenvalue weighted by atomic mass is 10.3. The monoisotopic (exact) mass is 429 g/mol. The number of nitrogens with zero attached hydrogens (tertiary/aromatic N) is 2. The average molecular weight is 431 g/mol. The SMILES string of the molecule is O=C(NS(=O)(=O)c1c(Cl)cccc1Cl)c1cn(-c2ccccc2Cl)cn1. The molecule has 0 saturated heterocycles. The molecule has 0 radical (unpaired) electrons. The van der Waals surface area contributed by atoms with Crippen LogP contribution in [0.3, 0.4) is 0 Å². The molecule has 0 aliphatic heterocycles. The van der Waals surface area contributed by atoms with E-state index < -0.39 is 15.9 Å². The fraction of sp³-hybridized carbons (Fsp3) is 0. The van der Waals surface area contributed by atoms with Gasteiger partial charge in [0.1, 0.15) is 16.9 Å². The Hall–Kier alpha value is -2.06. The van der Waals surface area contributed by atoms with E-state index in [-0.39, 0.29) is 20.6 Å². The molecule has 1 aromatic heterocycles. The first-order valence-electron chi connectivity index (χ1n) is 7.09. The average Bonchev–Trinajstić information content (AvgIpc) is 3.04. The van der Waals surface area contributed by atoms with Crippen molar-refractivity contribution in [2.75, 3.05) is 0 Å². The molecular formula is C16H10Cl3N3O3S. The van der Waals surface area contributed by atoms with E-state index in [1.54, 1.807) is 24.3 Å². The van der Waals surface area contributed by atoms with E-state index in [1.165, 1.54) is 35.3 Å². The molecule has 3 rings (SSSR count). The van der Waals surface area contributed by atoms with Gasteiger partial charge in [-0.2, -0.15) is 0 Å². The number of para-hydroxylation sites is 1. The summed E-state index contributed by atoms with van der Waals surface area (Å²) in [4.78, 5) is 15.8. The van der Waals surface area contributed by atoms with E-state index in [9.17, 15) is 13.2 Å². The van der Waals surface area contributed by atoms with Crippen LogP contribution in [0.4, 0.5) is 0 Å². The summed E-state index contributed by atoms with van der Waals surface area (Å²) in [6.45, 7) is 0. The zero-order valence-corrected chi connectivity index (χ0v) is 15.9. The molecule has 1 heterocycles. The van der Waals surface area contributed by atoms with Crippen molar-refractivity contribution in [1.82, 2.24) is 14.3 Å². The third-order valence-corrected chi connectivity index (χ3v) is 5.97. The fourth-order valence-electron chi connectivity index (χ4n) is 2.20. The van der Waals surface area contributed by atoms with Gasteiger partial charge in [0.15, 0.2) is 0 Å². The van der Waals surface area contributed by atoms with Gasteiger partial charge in [0, 0.05) is 6.20 Å². The molecule has 0 saturated carbocycles. The van der Waals surface area contributed by atoms with Crippen molar-refractivity contribution < 1.29 is 13.2 Å². The molecule has 0 aliphatic rings. The summed E-state index contributed by atoms with van der Waals surface area (Å²) in [6, 6.07) is 11.2. The van der Waals surface area contributed by atoms with Crippen molar-refractivity contribution in [2.24, 2.45) is 0 Å². The van der Waals surface area contributed by atoms with Gasteiger partial charge in [0.2, 0.25) is 0 Å². The zero-order chi connectivity index (χ0) is 18.9. The Balaban J connectivity index is 1.88. The van der Waals surface area contributed by atoms with Gasteiger partial charge in [-0.15, -0.1) is 0 Å². The number of hydrogen-bond donors (Lipinski definition) is 1. The van der Waals surface area contributed by atoms with Crippen LogP contribution in [0.25, 0.3) is 5.69 Å². The van der Waals surface area contributed by atoms with Crippen LogP contribution in [0.2, 0.25) is 15.1 Å². The van der Waals surface area contributed by atoms with E-state index in [2.05, 4.69) is 4.98 Å². The Kier molecular flexibility index (Phi) is 5.24. The maximum absolute atomic E-state index is 12.4. The van der Waals surface area contributed by atoms with Crippen LogP contribution in [0, 0.1) is 0 Å². The summed E-state index contributed by atoms with van der Waals surface area (Å²) in [6.07, 6.45) is 2.71. The van der Waals surface area contributed by atoms with E-state index in [1.807, 2.05) is 4.72 Å². The lowest BCUT2D eigenvalue weighted by Gasteiger charge is -2.09. The summed E-state index contributed by atoms with van der Waals surface area (Å²) < 4.78 is 28.3. The number of carbonyl (C=O) groups excluding carboxylic acids is 1. The van der Waals surface area contributed by atoms with Gasteiger partial charge in [0.05, 0.1) is 20.8 Å². The minimum Gasteiger partial charge on any atom is -0.304 e. The van der Waals surface area contributed by atoms with Crippen LogP contribution in [-0.4, -0.2) is 23.9 Å². The number of aromatic nitrogens is 2. The van der Waals surface area contributed by atoms with E-state index >= 15 is 0 Å². The second-order valence-corrected chi connectivity index (χ2v) is 7.94. The number of nitrogens with one attached hydrogen (secondary N) is 1. The van der Waals surface area contributed by atoms with E-state index in [0.717, 1.165) is 0 Å². The van der Waals surface area contributed by atoms with Gasteiger partial charge >= 0.3 is 0 Å². The van der Waals surface area contributed by atoms with Crippen LogP contribution < -0.4 is 4.72 Å². The lowest BCUT2D eigenvalue weighted by molar-refractivity contribution is 0.0977. The number of imidazole rings is 1. The summed E-state index contributed by atoms with van der Waals surface area (Å²) in [5.41, 5.74) is 0.481. The molecule has 2 aromatic carbocycles. The van der Waals surface area contributed by atoms with Gasteiger partial charge in [-0.05, 0) is 24.3 Å². The van der Waals surface area contributed by atoms with Crippen LogP contribution >= 0.6 is 34.8 Å². The molecule has 6 nitrogen and oxygen atoms in total. The molecule has 0 unspecified atom stereocenters. The molecule has 10 heteroatoms. The molecule has 0 atom stereocenters. The van der Waals surface area contributed by atoms with Gasteiger partial charge in [-0.25, -0.2) is 18.1 Å². The van der Waals surface area contributed by atoms with Gasteiger partial charge in [-0.3, -0.25) is 4.79 Å². The molecule has 1 N–H and O–H groups in total. The molecule has 134 valence electrons. The van der Waals surface area contributed by atoms with Crippen molar-refractivity contribution in [3.8, 4) is 5.69 Å². The predicted octanol–water partition coefficient (Wildman–Crippen LogP) is 3.95. The number of halogens is 3. The summed E-state index contributed by atoms with van der Waals surface area (Å²) in [7, 11) is -4.27. The minimum absolute atomic E-state index is 0.0978. The second-order valence-electron chi connectivity index (χ2n) is 5.10. The first kappa shape index (κ1) is 18.7. The number of rotatable bonds is 4. The van der Waals surface area contributed by atoms with Gasteiger partial charge in [-0.1, -0.05) is 53.0 Å². The molecule has 26 heavy (non-hydrogen) atoms. The van der Waals surface area contributed by atoms with Gasteiger partial charge < -0.3 is 4.57 Å². The normalized spacial score (nSPS) is 11.3. The maximum Gasteiger partial charge on any atom is 0.285 e. The Morgan fingerprint density at radius 3 is 2.23 bits per heavy atom. The molecule has 1 amide bonds. The highest BCUT2D eigenvalue weighted by molar-refractivity contribution is 7.90. The Bertz CT molecular complexity index is 1080. The largest absolute Gasteiger partial charge is 0.304 e.